The molecule has 3 rings (SSSR count). The molecule has 106 valence electrons. The van der Waals surface area contributed by atoms with Crippen LogP contribution in [-0.4, -0.2) is 22.4 Å². The molecule has 0 saturated carbocycles. The van der Waals surface area contributed by atoms with Crippen LogP contribution in [-0.2, 0) is 13.0 Å². The van der Waals surface area contributed by atoms with Gasteiger partial charge >= 0.3 is 0 Å². The van der Waals surface area contributed by atoms with E-state index in [0.29, 0.717) is 12.0 Å². The van der Waals surface area contributed by atoms with Gasteiger partial charge in [0.2, 0.25) is 0 Å². The van der Waals surface area contributed by atoms with E-state index in [1.165, 1.54) is 19.3 Å². The molecule has 0 spiro atoms. The summed E-state index contributed by atoms with van der Waals surface area (Å²) in [7, 11) is 0. The number of nitrogens with one attached hydrogen (secondary N) is 1. The van der Waals surface area contributed by atoms with Crippen molar-refractivity contribution in [3.8, 4) is 0 Å². The first-order valence-electron chi connectivity index (χ1n) is 7.61. The topological polar surface area (TPSA) is 29.9 Å². The SMILES string of the molecule is CC(Cn1cccn1)NCC1CCCc2ccccc21. The molecule has 0 fully saturated rings. The van der Waals surface area contributed by atoms with Crippen molar-refractivity contribution in [2.24, 2.45) is 0 Å². The zero-order valence-corrected chi connectivity index (χ0v) is 12.1. The molecule has 20 heavy (non-hydrogen) atoms. The normalized spacial score (nSPS) is 19.6. The highest BCUT2D eigenvalue weighted by molar-refractivity contribution is 5.32. The molecule has 0 saturated heterocycles. The third kappa shape index (κ3) is 3.10. The number of hydrogen-bond acceptors (Lipinski definition) is 2. The Hall–Kier alpha value is -1.61. The van der Waals surface area contributed by atoms with Crippen molar-refractivity contribution in [2.75, 3.05) is 6.54 Å². The molecular weight excluding hydrogens is 246 g/mol. The Bertz CT molecular complexity index is 533. The van der Waals surface area contributed by atoms with Crippen LogP contribution in [0.25, 0.3) is 0 Å². The smallest absolute Gasteiger partial charge is 0.0559 e. The van der Waals surface area contributed by atoms with Gasteiger partial charge in [-0.1, -0.05) is 24.3 Å². The molecule has 0 amide bonds. The Kier molecular flexibility index (Phi) is 4.16. The number of benzene rings is 1. The van der Waals surface area contributed by atoms with E-state index in [2.05, 4.69) is 41.6 Å². The van der Waals surface area contributed by atoms with Gasteiger partial charge in [-0.15, -0.1) is 0 Å². The summed E-state index contributed by atoms with van der Waals surface area (Å²) in [6, 6.07) is 11.3. The van der Waals surface area contributed by atoms with Gasteiger partial charge in [-0.2, -0.15) is 5.10 Å². The van der Waals surface area contributed by atoms with Gasteiger partial charge in [-0.3, -0.25) is 4.68 Å². The van der Waals surface area contributed by atoms with Gasteiger partial charge < -0.3 is 5.32 Å². The molecule has 3 nitrogen and oxygen atoms in total. The van der Waals surface area contributed by atoms with Crippen molar-refractivity contribution in [2.45, 2.75) is 44.7 Å². The molecule has 2 atom stereocenters. The molecule has 1 aromatic heterocycles. The second kappa shape index (κ2) is 6.23. The van der Waals surface area contributed by atoms with Crippen molar-refractivity contribution in [3.63, 3.8) is 0 Å². The largest absolute Gasteiger partial charge is 0.312 e. The van der Waals surface area contributed by atoms with Crippen molar-refractivity contribution in [3.05, 3.63) is 53.9 Å². The molecule has 1 heterocycles. The second-order valence-electron chi connectivity index (χ2n) is 5.83. The van der Waals surface area contributed by atoms with E-state index in [1.807, 2.05) is 23.1 Å². The summed E-state index contributed by atoms with van der Waals surface area (Å²) in [4.78, 5) is 0. The maximum absolute atomic E-state index is 4.26. The average Bonchev–Trinajstić information content (AvgIpc) is 2.98. The van der Waals surface area contributed by atoms with Crippen LogP contribution in [0.4, 0.5) is 0 Å². The molecule has 0 radical (unpaired) electrons. The molecule has 1 N–H and O–H groups in total. The van der Waals surface area contributed by atoms with E-state index in [9.17, 15) is 0 Å². The maximum atomic E-state index is 4.26. The third-order valence-electron chi connectivity index (χ3n) is 4.23. The molecule has 1 aliphatic rings. The maximum Gasteiger partial charge on any atom is 0.0559 e. The number of nitrogens with zero attached hydrogens (tertiary/aromatic N) is 2. The van der Waals surface area contributed by atoms with Crippen LogP contribution in [0, 0.1) is 0 Å². The van der Waals surface area contributed by atoms with Crippen LogP contribution in [0.3, 0.4) is 0 Å². The van der Waals surface area contributed by atoms with E-state index in [4.69, 9.17) is 0 Å². The van der Waals surface area contributed by atoms with Gasteiger partial charge in [0, 0.05) is 25.0 Å². The van der Waals surface area contributed by atoms with Crippen LogP contribution >= 0.6 is 0 Å². The highest BCUT2D eigenvalue weighted by Crippen LogP contribution is 2.30. The first-order valence-corrected chi connectivity index (χ1v) is 7.61. The molecule has 1 aliphatic carbocycles. The van der Waals surface area contributed by atoms with Crippen molar-refractivity contribution in [1.29, 1.82) is 0 Å². The quantitative estimate of drug-likeness (QED) is 0.904. The summed E-state index contributed by atoms with van der Waals surface area (Å²) in [6.45, 7) is 4.23. The minimum Gasteiger partial charge on any atom is -0.312 e. The first-order chi connectivity index (χ1) is 9.83. The fraction of sp³-hybridized carbons (Fsp3) is 0.471. The minimum absolute atomic E-state index is 0.448. The van der Waals surface area contributed by atoms with Crippen LogP contribution < -0.4 is 5.32 Å². The summed E-state index contributed by atoms with van der Waals surface area (Å²) >= 11 is 0. The fourth-order valence-corrected chi connectivity index (χ4v) is 3.16. The lowest BCUT2D eigenvalue weighted by Gasteiger charge is -2.27. The number of rotatable bonds is 5. The Morgan fingerprint density at radius 3 is 3.10 bits per heavy atom. The molecule has 0 aliphatic heterocycles. The monoisotopic (exact) mass is 269 g/mol. The molecule has 3 heteroatoms. The Morgan fingerprint density at radius 2 is 2.25 bits per heavy atom. The second-order valence-corrected chi connectivity index (χ2v) is 5.83. The Morgan fingerprint density at radius 1 is 1.35 bits per heavy atom. The highest BCUT2D eigenvalue weighted by Gasteiger charge is 2.19. The van der Waals surface area contributed by atoms with Crippen molar-refractivity contribution >= 4 is 0 Å². The summed E-state index contributed by atoms with van der Waals surface area (Å²) in [5, 5.41) is 7.93. The zero-order chi connectivity index (χ0) is 13.8. The van der Waals surface area contributed by atoms with Gasteiger partial charge in [0.25, 0.3) is 0 Å². The summed E-state index contributed by atoms with van der Waals surface area (Å²) in [6.07, 6.45) is 7.73. The first kappa shape index (κ1) is 13.4. The molecule has 2 unspecified atom stereocenters. The van der Waals surface area contributed by atoms with E-state index in [0.717, 1.165) is 13.1 Å². The summed E-state index contributed by atoms with van der Waals surface area (Å²) in [5.41, 5.74) is 3.10. The van der Waals surface area contributed by atoms with Gasteiger partial charge in [0.1, 0.15) is 0 Å². The van der Waals surface area contributed by atoms with Gasteiger partial charge in [-0.25, -0.2) is 0 Å². The number of hydrogen-bond donors (Lipinski definition) is 1. The summed E-state index contributed by atoms with van der Waals surface area (Å²) < 4.78 is 1.99. The zero-order valence-electron chi connectivity index (χ0n) is 12.1. The van der Waals surface area contributed by atoms with Crippen molar-refractivity contribution < 1.29 is 0 Å². The predicted molar refractivity (Wildman–Crippen MR) is 81.8 cm³/mol. The minimum atomic E-state index is 0.448. The third-order valence-corrected chi connectivity index (χ3v) is 4.23. The highest BCUT2D eigenvalue weighted by atomic mass is 15.3. The average molecular weight is 269 g/mol. The van der Waals surface area contributed by atoms with Crippen LogP contribution in [0.15, 0.2) is 42.7 Å². The van der Waals surface area contributed by atoms with E-state index in [-0.39, 0.29) is 0 Å². The molecular formula is C17H23N3. The lowest BCUT2D eigenvalue weighted by Crippen LogP contribution is -2.34. The van der Waals surface area contributed by atoms with Crippen molar-refractivity contribution in [1.82, 2.24) is 15.1 Å². The van der Waals surface area contributed by atoms with Crippen LogP contribution in [0.2, 0.25) is 0 Å². The molecule has 2 aromatic rings. The summed E-state index contributed by atoms with van der Waals surface area (Å²) in [5.74, 6) is 0.667. The predicted octanol–water partition coefficient (Wildman–Crippen LogP) is 2.98. The molecule has 0 bridgehead atoms. The van der Waals surface area contributed by atoms with Gasteiger partial charge in [0.15, 0.2) is 0 Å². The van der Waals surface area contributed by atoms with Gasteiger partial charge in [0.05, 0.1) is 6.54 Å². The van der Waals surface area contributed by atoms with Crippen LogP contribution in [0.1, 0.15) is 36.8 Å². The molecule has 1 aromatic carbocycles. The van der Waals surface area contributed by atoms with Crippen LogP contribution in [0.5, 0.6) is 0 Å². The fourth-order valence-electron chi connectivity index (χ4n) is 3.16. The van der Waals surface area contributed by atoms with E-state index >= 15 is 0 Å². The Labute approximate surface area is 121 Å². The van der Waals surface area contributed by atoms with E-state index in [1.54, 1.807) is 11.1 Å². The van der Waals surface area contributed by atoms with E-state index < -0.39 is 0 Å². The number of aryl methyl sites for hydroxylation is 1. The lowest BCUT2D eigenvalue weighted by atomic mass is 9.83. The van der Waals surface area contributed by atoms with Gasteiger partial charge in [-0.05, 0) is 49.3 Å². The standard InChI is InChI=1S/C17H23N3/c1-14(13-20-11-5-10-19-20)18-12-16-8-4-7-15-6-2-3-9-17(15)16/h2-3,5-6,9-11,14,16,18H,4,7-8,12-13H2,1H3. The Balaban J connectivity index is 1.56. The number of fused-ring (bicyclic) bond motifs is 1. The number of aromatic nitrogens is 2. The lowest BCUT2D eigenvalue weighted by molar-refractivity contribution is 0.418.